The van der Waals surface area contributed by atoms with Crippen LogP contribution in [0.1, 0.15) is 38.4 Å². The topological polar surface area (TPSA) is 92.4 Å². The smallest absolute Gasteiger partial charge is 0.338 e. The highest BCUT2D eigenvalue weighted by atomic mass is 32.1. The predicted octanol–water partition coefficient (Wildman–Crippen LogP) is 2.56. The third-order valence-electron chi connectivity index (χ3n) is 2.52. The van der Waals surface area contributed by atoms with Crippen LogP contribution in [0.5, 0.6) is 0 Å². The molecule has 0 saturated carbocycles. The van der Waals surface area contributed by atoms with E-state index in [4.69, 9.17) is 9.52 Å². The molecule has 2 heterocycles. The summed E-state index contributed by atoms with van der Waals surface area (Å²) in [6, 6.07) is 1.18. The Morgan fingerprint density at radius 3 is 2.79 bits per heavy atom. The summed E-state index contributed by atoms with van der Waals surface area (Å²) in [6.45, 7) is 3.92. The maximum Gasteiger partial charge on any atom is 0.338 e. The Morgan fingerprint density at radius 2 is 2.26 bits per heavy atom. The number of carboxylic acids is 1. The minimum absolute atomic E-state index is 0.0525. The van der Waals surface area contributed by atoms with E-state index < -0.39 is 11.9 Å². The first-order chi connectivity index (χ1) is 9.01. The van der Waals surface area contributed by atoms with Gasteiger partial charge >= 0.3 is 5.97 Å². The molecule has 6 nitrogen and oxygen atoms in total. The van der Waals surface area contributed by atoms with Crippen molar-refractivity contribution >= 4 is 28.3 Å². The van der Waals surface area contributed by atoms with E-state index in [1.165, 1.54) is 17.4 Å². The molecule has 2 N–H and O–H groups in total. The first-order valence-corrected chi connectivity index (χ1v) is 6.42. The summed E-state index contributed by atoms with van der Waals surface area (Å²) in [5.41, 5.74) is 0.876. The summed E-state index contributed by atoms with van der Waals surface area (Å²) >= 11 is 1.37. The molecule has 0 saturated heterocycles. The number of nitrogens with one attached hydrogen (secondary N) is 1. The molecule has 0 atom stereocenters. The molecule has 0 radical (unpaired) electrons. The maximum absolute atomic E-state index is 11.8. The van der Waals surface area contributed by atoms with E-state index >= 15 is 0 Å². The van der Waals surface area contributed by atoms with E-state index in [-0.39, 0.29) is 11.3 Å². The molecule has 0 aliphatic carbocycles. The fourth-order valence-electron chi connectivity index (χ4n) is 1.54. The molecule has 0 unspecified atom stereocenters. The zero-order valence-electron chi connectivity index (χ0n) is 10.4. The summed E-state index contributed by atoms with van der Waals surface area (Å²) < 4.78 is 4.91. The first-order valence-electron chi connectivity index (χ1n) is 5.60. The normalized spacial score (nSPS) is 10.4. The largest absolute Gasteiger partial charge is 0.478 e. The Balaban J connectivity index is 2.13. The van der Waals surface area contributed by atoms with Crippen LogP contribution in [0.15, 0.2) is 16.7 Å². The molecule has 0 aliphatic rings. The number of rotatable bonds is 4. The van der Waals surface area contributed by atoms with Crippen LogP contribution < -0.4 is 5.32 Å². The quantitative estimate of drug-likeness (QED) is 0.897. The zero-order valence-corrected chi connectivity index (χ0v) is 11.2. The Labute approximate surface area is 113 Å². The van der Waals surface area contributed by atoms with Gasteiger partial charge in [-0.05, 0) is 13.3 Å². The van der Waals surface area contributed by atoms with E-state index in [1.807, 2.05) is 13.8 Å². The first kappa shape index (κ1) is 13.3. The molecular weight excluding hydrogens is 268 g/mol. The summed E-state index contributed by atoms with van der Waals surface area (Å²) in [5.74, 6) is -1.70. The highest BCUT2D eigenvalue weighted by Gasteiger charge is 2.16. The van der Waals surface area contributed by atoms with Crippen LogP contribution in [0, 0.1) is 6.92 Å². The second kappa shape index (κ2) is 5.23. The van der Waals surface area contributed by atoms with E-state index in [0.717, 1.165) is 23.3 Å². The van der Waals surface area contributed by atoms with Gasteiger partial charge in [-0.2, -0.15) is 0 Å². The van der Waals surface area contributed by atoms with Gasteiger partial charge < -0.3 is 9.52 Å². The number of anilines is 1. The summed E-state index contributed by atoms with van der Waals surface area (Å²) in [4.78, 5) is 27.8. The van der Waals surface area contributed by atoms with Gasteiger partial charge in [0.05, 0.1) is 11.3 Å². The van der Waals surface area contributed by atoms with Gasteiger partial charge in [-0.1, -0.05) is 6.92 Å². The number of carbonyl (C=O) groups is 2. The lowest BCUT2D eigenvalue weighted by molar-refractivity contribution is 0.0696. The molecule has 0 bridgehead atoms. The molecule has 19 heavy (non-hydrogen) atoms. The van der Waals surface area contributed by atoms with E-state index in [2.05, 4.69) is 10.3 Å². The highest BCUT2D eigenvalue weighted by molar-refractivity contribution is 7.15. The van der Waals surface area contributed by atoms with Crippen molar-refractivity contribution in [1.29, 1.82) is 0 Å². The van der Waals surface area contributed by atoms with Crippen molar-refractivity contribution in [1.82, 2.24) is 4.98 Å². The Morgan fingerprint density at radius 1 is 1.53 bits per heavy atom. The number of hydrogen-bond acceptors (Lipinski definition) is 5. The molecule has 2 aromatic heterocycles. The van der Waals surface area contributed by atoms with Crippen molar-refractivity contribution in [3.63, 3.8) is 0 Å². The molecule has 0 aliphatic heterocycles. The number of aryl methyl sites for hydroxylation is 2. The van der Waals surface area contributed by atoms with Crippen molar-refractivity contribution in [3.05, 3.63) is 34.2 Å². The summed E-state index contributed by atoms with van der Waals surface area (Å²) in [7, 11) is 0. The van der Waals surface area contributed by atoms with Crippen LogP contribution in [-0.2, 0) is 6.42 Å². The fraction of sp³-hybridized carbons (Fsp3) is 0.250. The Kier molecular flexibility index (Phi) is 3.66. The number of carbonyl (C=O) groups excluding carboxylic acids is 1. The maximum atomic E-state index is 11.8. The minimum Gasteiger partial charge on any atom is -0.478 e. The predicted molar refractivity (Wildman–Crippen MR) is 69.8 cm³/mol. The molecule has 0 spiro atoms. The average molecular weight is 280 g/mol. The number of aromatic nitrogens is 1. The van der Waals surface area contributed by atoms with Gasteiger partial charge in [0.15, 0.2) is 10.9 Å². The lowest BCUT2D eigenvalue weighted by atomic mass is 10.3. The standard InChI is InChI=1S/C12H12N2O4S/c1-3-8-6(2)19-12(13-8)14-10(15)9-4-7(5-18-9)11(16)17/h4-5H,3H2,1-2H3,(H,16,17)(H,13,14,15). The molecule has 2 aromatic rings. The van der Waals surface area contributed by atoms with Gasteiger partial charge in [-0.15, -0.1) is 11.3 Å². The zero-order chi connectivity index (χ0) is 14.0. The van der Waals surface area contributed by atoms with Gasteiger partial charge in [0.25, 0.3) is 5.91 Å². The number of aromatic carboxylic acids is 1. The third kappa shape index (κ3) is 2.82. The molecular formula is C12H12N2O4S. The van der Waals surface area contributed by atoms with Crippen molar-refractivity contribution in [3.8, 4) is 0 Å². The number of furan rings is 1. The van der Waals surface area contributed by atoms with Gasteiger partial charge in [0.2, 0.25) is 0 Å². The van der Waals surface area contributed by atoms with Crippen LogP contribution in [0.3, 0.4) is 0 Å². The van der Waals surface area contributed by atoms with Crippen LogP contribution in [0.4, 0.5) is 5.13 Å². The lowest BCUT2D eigenvalue weighted by Crippen LogP contribution is -2.10. The number of amides is 1. The number of nitrogens with zero attached hydrogens (tertiary/aromatic N) is 1. The molecule has 100 valence electrons. The Bertz CT molecular complexity index is 629. The fourth-order valence-corrected chi connectivity index (χ4v) is 2.43. The van der Waals surface area contributed by atoms with Crippen molar-refractivity contribution in [2.45, 2.75) is 20.3 Å². The van der Waals surface area contributed by atoms with Crippen LogP contribution in [-0.4, -0.2) is 22.0 Å². The van der Waals surface area contributed by atoms with Gasteiger partial charge in [0, 0.05) is 10.9 Å². The van der Waals surface area contributed by atoms with Gasteiger partial charge in [-0.25, -0.2) is 9.78 Å². The second-order valence-corrected chi connectivity index (χ2v) is 5.04. The molecule has 7 heteroatoms. The van der Waals surface area contributed by atoms with Crippen LogP contribution in [0.2, 0.25) is 0 Å². The summed E-state index contributed by atoms with van der Waals surface area (Å²) in [6.07, 6.45) is 1.82. The van der Waals surface area contributed by atoms with Gasteiger partial charge in [-0.3, -0.25) is 10.1 Å². The SMILES string of the molecule is CCc1nc(NC(=O)c2cc(C(=O)O)co2)sc1C. The average Bonchev–Trinajstić information content (AvgIpc) is 2.95. The number of hydrogen-bond donors (Lipinski definition) is 2. The second-order valence-electron chi connectivity index (χ2n) is 3.83. The minimum atomic E-state index is -1.14. The van der Waals surface area contributed by atoms with E-state index in [9.17, 15) is 9.59 Å². The van der Waals surface area contributed by atoms with Crippen molar-refractivity contribution in [2.75, 3.05) is 5.32 Å². The lowest BCUT2D eigenvalue weighted by Gasteiger charge is -1.96. The highest BCUT2D eigenvalue weighted by Crippen LogP contribution is 2.23. The van der Waals surface area contributed by atoms with Crippen LogP contribution in [0.25, 0.3) is 0 Å². The monoisotopic (exact) mass is 280 g/mol. The molecule has 0 aromatic carbocycles. The van der Waals surface area contributed by atoms with Crippen molar-refractivity contribution in [2.24, 2.45) is 0 Å². The van der Waals surface area contributed by atoms with Gasteiger partial charge in [0.1, 0.15) is 6.26 Å². The van der Waals surface area contributed by atoms with Crippen molar-refractivity contribution < 1.29 is 19.1 Å². The summed E-state index contributed by atoms with van der Waals surface area (Å²) in [5, 5.41) is 11.8. The Hall–Kier alpha value is -2.15. The van der Waals surface area contributed by atoms with E-state index in [0.29, 0.717) is 5.13 Å². The molecule has 0 fully saturated rings. The number of thiazole rings is 1. The number of carboxylic acid groups (broad SMARTS) is 1. The molecule has 2 rings (SSSR count). The van der Waals surface area contributed by atoms with E-state index in [1.54, 1.807) is 0 Å². The van der Waals surface area contributed by atoms with Crippen LogP contribution >= 0.6 is 11.3 Å². The third-order valence-corrected chi connectivity index (χ3v) is 3.45. The molecule has 1 amide bonds.